The van der Waals surface area contributed by atoms with Crippen molar-refractivity contribution in [2.45, 2.75) is 12.5 Å². The van der Waals surface area contributed by atoms with Crippen molar-refractivity contribution in [2.24, 2.45) is 0 Å². The number of anilines is 1. The summed E-state index contributed by atoms with van der Waals surface area (Å²) in [6, 6.07) is 27.8. The lowest BCUT2D eigenvalue weighted by molar-refractivity contribution is 0.0976. The predicted octanol–water partition coefficient (Wildman–Crippen LogP) is 5.72. The first-order valence-corrected chi connectivity index (χ1v) is 8.95. The molecule has 0 saturated heterocycles. The van der Waals surface area contributed by atoms with Crippen molar-refractivity contribution < 1.29 is 4.79 Å². The predicted molar refractivity (Wildman–Crippen MR) is 107 cm³/mol. The first kappa shape index (κ1) is 16.7. The summed E-state index contributed by atoms with van der Waals surface area (Å²) in [5.41, 5.74) is 2.88. The molecule has 1 N–H and O–H groups in total. The van der Waals surface area contributed by atoms with E-state index >= 15 is 0 Å². The van der Waals surface area contributed by atoms with Crippen LogP contribution in [0.25, 0.3) is 0 Å². The Hall–Kier alpha value is -2.14. The Balaban J connectivity index is 1.82. The van der Waals surface area contributed by atoms with Crippen LogP contribution in [0.4, 0.5) is 5.69 Å². The van der Waals surface area contributed by atoms with E-state index in [9.17, 15) is 4.79 Å². The number of rotatable bonds is 6. The smallest absolute Gasteiger partial charge is 0.165 e. The van der Waals surface area contributed by atoms with Gasteiger partial charge in [-0.15, -0.1) is 0 Å². The molecule has 0 aliphatic heterocycles. The number of para-hydroxylation sites is 1. The minimum absolute atomic E-state index is 0.0552. The van der Waals surface area contributed by atoms with Crippen LogP contribution in [-0.2, 0) is 0 Å². The lowest BCUT2D eigenvalue weighted by Crippen LogP contribution is -2.15. The molecule has 0 saturated carbocycles. The lowest BCUT2D eigenvalue weighted by atomic mass is 9.97. The minimum atomic E-state index is -0.0552. The quantitative estimate of drug-likeness (QED) is 0.403. The largest absolute Gasteiger partial charge is 0.378 e. The maximum atomic E-state index is 12.7. The first-order chi connectivity index (χ1) is 11.7. The van der Waals surface area contributed by atoms with Gasteiger partial charge in [0.25, 0.3) is 0 Å². The number of carbonyl (C=O) groups excluding carboxylic acids is 1. The molecule has 3 aromatic rings. The number of hydrogen-bond acceptors (Lipinski definition) is 2. The van der Waals surface area contributed by atoms with Crippen molar-refractivity contribution in [1.29, 1.82) is 0 Å². The van der Waals surface area contributed by atoms with E-state index in [1.807, 2.05) is 72.8 Å². The number of halogens is 1. The van der Waals surface area contributed by atoms with Crippen LogP contribution in [0.15, 0.2) is 84.9 Å². The molecule has 0 radical (unpaired) electrons. The Kier molecular flexibility index (Phi) is 5.64. The fourth-order valence-electron chi connectivity index (χ4n) is 2.61. The van der Waals surface area contributed by atoms with Gasteiger partial charge in [0.05, 0.1) is 6.04 Å². The van der Waals surface area contributed by atoms with E-state index < -0.39 is 0 Å². The summed E-state index contributed by atoms with van der Waals surface area (Å²) in [6.45, 7) is 0. The van der Waals surface area contributed by atoms with Gasteiger partial charge in [-0.1, -0.05) is 60.7 Å². The summed E-state index contributed by atoms with van der Waals surface area (Å²) in [5, 5.41) is 3.49. The Labute approximate surface area is 156 Å². The molecule has 3 rings (SSSR count). The van der Waals surface area contributed by atoms with Gasteiger partial charge >= 0.3 is 0 Å². The zero-order valence-corrected chi connectivity index (χ0v) is 15.3. The van der Waals surface area contributed by atoms with Crippen molar-refractivity contribution in [3.63, 3.8) is 0 Å². The molecule has 0 heterocycles. The molecule has 24 heavy (non-hydrogen) atoms. The van der Waals surface area contributed by atoms with Crippen LogP contribution in [-0.4, -0.2) is 5.78 Å². The molecular weight excluding hydrogens is 409 g/mol. The molecule has 0 aliphatic carbocycles. The van der Waals surface area contributed by atoms with Gasteiger partial charge < -0.3 is 5.32 Å². The average Bonchev–Trinajstić information content (AvgIpc) is 2.63. The van der Waals surface area contributed by atoms with Crippen LogP contribution in [0, 0.1) is 3.57 Å². The standard InChI is InChI=1S/C21H18INO/c22-18-13-11-17(12-14-18)21(24)15-20(16-7-3-1-4-8-16)23-19-9-5-2-6-10-19/h1-14,20,23H,15H2. The molecule has 1 unspecified atom stereocenters. The lowest BCUT2D eigenvalue weighted by Gasteiger charge is -2.20. The Morgan fingerprint density at radius 2 is 1.42 bits per heavy atom. The molecule has 0 spiro atoms. The van der Waals surface area contributed by atoms with E-state index in [1.54, 1.807) is 0 Å². The van der Waals surface area contributed by atoms with Gasteiger partial charge in [0.1, 0.15) is 0 Å². The molecule has 0 amide bonds. The van der Waals surface area contributed by atoms with E-state index in [-0.39, 0.29) is 11.8 Å². The van der Waals surface area contributed by atoms with E-state index in [1.165, 1.54) is 0 Å². The van der Waals surface area contributed by atoms with Gasteiger partial charge in [-0.2, -0.15) is 0 Å². The van der Waals surface area contributed by atoms with Crippen LogP contribution < -0.4 is 5.32 Å². The van der Waals surface area contributed by atoms with E-state index in [0.717, 1.165) is 20.4 Å². The second-order valence-electron chi connectivity index (χ2n) is 5.61. The van der Waals surface area contributed by atoms with Crippen LogP contribution in [0.5, 0.6) is 0 Å². The minimum Gasteiger partial charge on any atom is -0.378 e. The Morgan fingerprint density at radius 1 is 0.833 bits per heavy atom. The van der Waals surface area contributed by atoms with Gasteiger partial charge in [0.2, 0.25) is 0 Å². The summed E-state index contributed by atoms with van der Waals surface area (Å²) in [4.78, 5) is 12.7. The third-order valence-electron chi connectivity index (χ3n) is 3.87. The van der Waals surface area contributed by atoms with Crippen LogP contribution in [0.2, 0.25) is 0 Å². The fraction of sp³-hybridized carbons (Fsp3) is 0.0952. The number of ketones is 1. The van der Waals surface area contributed by atoms with Gasteiger partial charge in [-0.25, -0.2) is 0 Å². The van der Waals surface area contributed by atoms with Crippen molar-refractivity contribution in [1.82, 2.24) is 0 Å². The highest BCUT2D eigenvalue weighted by molar-refractivity contribution is 14.1. The normalized spacial score (nSPS) is 11.7. The Bertz CT molecular complexity index is 785. The van der Waals surface area contributed by atoms with Crippen LogP contribution in [0.3, 0.4) is 0 Å². The van der Waals surface area contributed by atoms with E-state index in [4.69, 9.17) is 0 Å². The first-order valence-electron chi connectivity index (χ1n) is 7.87. The molecule has 0 aliphatic rings. The van der Waals surface area contributed by atoms with Crippen molar-refractivity contribution in [3.05, 3.63) is 99.6 Å². The number of carbonyl (C=O) groups is 1. The topological polar surface area (TPSA) is 29.1 Å². The number of Topliss-reactive ketones (excluding diaryl/α,β-unsaturated/α-hetero) is 1. The zero-order chi connectivity index (χ0) is 16.8. The maximum absolute atomic E-state index is 12.7. The Morgan fingerprint density at radius 3 is 2.04 bits per heavy atom. The fourth-order valence-corrected chi connectivity index (χ4v) is 2.97. The maximum Gasteiger partial charge on any atom is 0.165 e. The van der Waals surface area contributed by atoms with Crippen molar-refractivity contribution in [2.75, 3.05) is 5.32 Å². The SMILES string of the molecule is O=C(CC(Nc1ccccc1)c1ccccc1)c1ccc(I)cc1. The highest BCUT2D eigenvalue weighted by Gasteiger charge is 2.17. The summed E-state index contributed by atoms with van der Waals surface area (Å²) in [6.07, 6.45) is 0.416. The zero-order valence-electron chi connectivity index (χ0n) is 13.2. The molecule has 3 aromatic carbocycles. The third-order valence-corrected chi connectivity index (χ3v) is 4.59. The van der Waals surface area contributed by atoms with E-state index in [0.29, 0.717) is 6.42 Å². The average molecular weight is 427 g/mol. The molecule has 0 fully saturated rings. The number of benzene rings is 3. The molecule has 3 heteroatoms. The van der Waals surface area contributed by atoms with Gasteiger partial charge in [0.15, 0.2) is 5.78 Å². The van der Waals surface area contributed by atoms with Crippen molar-refractivity contribution >= 4 is 34.1 Å². The highest BCUT2D eigenvalue weighted by atomic mass is 127. The molecular formula is C21H18INO. The second kappa shape index (κ2) is 8.11. The summed E-state index contributed by atoms with van der Waals surface area (Å²) < 4.78 is 1.13. The van der Waals surface area contributed by atoms with Crippen LogP contribution in [0.1, 0.15) is 28.4 Å². The van der Waals surface area contributed by atoms with E-state index in [2.05, 4.69) is 40.0 Å². The highest BCUT2D eigenvalue weighted by Crippen LogP contribution is 2.24. The summed E-state index contributed by atoms with van der Waals surface area (Å²) in [5.74, 6) is 0.142. The van der Waals surface area contributed by atoms with Gasteiger partial charge in [-0.3, -0.25) is 4.79 Å². The molecule has 1 atom stereocenters. The monoisotopic (exact) mass is 427 g/mol. The number of hydrogen-bond donors (Lipinski definition) is 1. The third kappa shape index (κ3) is 4.45. The second-order valence-corrected chi connectivity index (χ2v) is 6.85. The molecule has 0 aromatic heterocycles. The van der Waals surface area contributed by atoms with Gasteiger partial charge in [-0.05, 0) is 52.4 Å². The molecule has 0 bridgehead atoms. The van der Waals surface area contributed by atoms with Crippen LogP contribution >= 0.6 is 22.6 Å². The summed E-state index contributed by atoms with van der Waals surface area (Å²) >= 11 is 2.25. The van der Waals surface area contributed by atoms with Crippen molar-refractivity contribution in [3.8, 4) is 0 Å². The summed E-state index contributed by atoms with van der Waals surface area (Å²) in [7, 11) is 0. The number of nitrogens with one attached hydrogen (secondary N) is 1. The van der Waals surface area contributed by atoms with Gasteiger partial charge in [0, 0.05) is 21.2 Å². The molecule has 120 valence electrons. The molecule has 2 nitrogen and oxygen atoms in total.